The quantitative estimate of drug-likeness (QED) is 0.478. The summed E-state index contributed by atoms with van der Waals surface area (Å²) in [6.07, 6.45) is 8.99. The normalized spacial score (nSPS) is 45.2. The van der Waals surface area contributed by atoms with Crippen molar-refractivity contribution < 1.29 is 0 Å². The zero-order chi connectivity index (χ0) is 8.13. The van der Waals surface area contributed by atoms with E-state index in [2.05, 4.69) is 6.92 Å². The van der Waals surface area contributed by atoms with Crippen LogP contribution < -0.4 is 0 Å². The lowest BCUT2D eigenvalue weighted by molar-refractivity contribution is 0.459. The third-order valence-electron chi connectivity index (χ3n) is 4.35. The third-order valence-corrected chi connectivity index (χ3v) is 4.35. The van der Waals surface area contributed by atoms with Gasteiger partial charge in [-0.3, -0.25) is 0 Å². The van der Waals surface area contributed by atoms with Gasteiger partial charge >= 0.3 is 0 Å². The first-order valence-electron chi connectivity index (χ1n) is 5.59. The summed E-state index contributed by atoms with van der Waals surface area (Å²) < 4.78 is 0. The van der Waals surface area contributed by atoms with E-state index in [0.29, 0.717) is 0 Å². The van der Waals surface area contributed by atoms with Gasteiger partial charge in [0.05, 0.1) is 0 Å². The van der Waals surface area contributed by atoms with Crippen LogP contribution in [-0.4, -0.2) is 0 Å². The van der Waals surface area contributed by atoms with Crippen LogP contribution in [0.3, 0.4) is 0 Å². The lowest BCUT2D eigenvalue weighted by Gasteiger charge is -2.29. The van der Waals surface area contributed by atoms with E-state index < -0.39 is 0 Å². The second-order valence-electron chi connectivity index (χ2n) is 4.98. The monoisotopic (exact) mass is 162 g/mol. The average Bonchev–Trinajstić information content (AvgIpc) is 2.64. The predicted octanol–water partition coefficient (Wildman–Crippen LogP) is 3.53. The van der Waals surface area contributed by atoms with Crippen LogP contribution in [0.25, 0.3) is 0 Å². The molecule has 3 aliphatic rings. The molecule has 0 aromatic carbocycles. The zero-order valence-corrected chi connectivity index (χ0v) is 7.97. The van der Waals surface area contributed by atoms with E-state index >= 15 is 0 Å². The minimum Gasteiger partial charge on any atom is -0.0673 e. The fourth-order valence-corrected chi connectivity index (χ4v) is 3.90. The molecule has 0 aromatic rings. The predicted molar refractivity (Wildman–Crippen MR) is 50.9 cm³/mol. The highest BCUT2D eigenvalue weighted by Gasteiger charge is 2.41. The fourth-order valence-electron chi connectivity index (χ4n) is 3.90. The maximum absolute atomic E-state index is 2.45. The van der Waals surface area contributed by atoms with Crippen LogP contribution in [0.2, 0.25) is 0 Å². The van der Waals surface area contributed by atoms with Crippen molar-refractivity contribution in [2.45, 2.75) is 45.4 Å². The minimum absolute atomic E-state index is 0.948. The average molecular weight is 162 g/mol. The molecule has 0 radical (unpaired) electrons. The zero-order valence-electron chi connectivity index (χ0n) is 7.97. The largest absolute Gasteiger partial charge is 0.0673 e. The van der Waals surface area contributed by atoms with E-state index in [1.165, 1.54) is 38.5 Å². The van der Waals surface area contributed by atoms with Crippen LogP contribution in [0.4, 0.5) is 0 Å². The van der Waals surface area contributed by atoms with E-state index in [4.69, 9.17) is 0 Å². The van der Waals surface area contributed by atoms with Crippen LogP contribution in [-0.2, 0) is 0 Å². The lowest BCUT2D eigenvalue weighted by atomic mass is 9.77. The molecule has 0 heterocycles. The summed E-state index contributed by atoms with van der Waals surface area (Å²) in [6.45, 7) is 2.45. The van der Waals surface area contributed by atoms with Crippen LogP contribution in [0.1, 0.15) is 45.4 Å². The molecule has 3 atom stereocenters. The molecule has 66 valence electrons. The Morgan fingerprint density at radius 3 is 2.75 bits per heavy atom. The molecule has 0 nitrogen and oxygen atoms in total. The lowest BCUT2D eigenvalue weighted by Crippen LogP contribution is -2.15. The molecule has 0 heteroatoms. The Morgan fingerprint density at radius 1 is 1.08 bits per heavy atom. The smallest absolute Gasteiger partial charge is 0.0192 e. The molecular formula is C12H18. The second kappa shape index (κ2) is 2.37. The van der Waals surface area contributed by atoms with Crippen molar-refractivity contribution in [1.82, 2.24) is 0 Å². The molecule has 0 saturated heterocycles. The van der Waals surface area contributed by atoms with Crippen LogP contribution in [0, 0.1) is 17.8 Å². The number of allylic oxidation sites excluding steroid dienone is 2. The Morgan fingerprint density at radius 2 is 1.92 bits per heavy atom. The summed E-state index contributed by atoms with van der Waals surface area (Å²) in [7, 11) is 0. The molecule has 3 unspecified atom stereocenters. The van der Waals surface area contributed by atoms with Crippen molar-refractivity contribution in [2.24, 2.45) is 17.8 Å². The second-order valence-corrected chi connectivity index (χ2v) is 4.98. The fraction of sp³-hybridized carbons (Fsp3) is 0.833. The molecule has 1 fully saturated rings. The van der Waals surface area contributed by atoms with Gasteiger partial charge in [0.25, 0.3) is 0 Å². The highest BCUT2D eigenvalue weighted by molar-refractivity contribution is 5.32. The number of hydrogen-bond acceptors (Lipinski definition) is 0. The van der Waals surface area contributed by atoms with Gasteiger partial charge in [0, 0.05) is 0 Å². The minimum atomic E-state index is 0.948. The number of fused-ring (bicyclic) bond motifs is 4. The Bertz CT molecular complexity index is 236. The van der Waals surface area contributed by atoms with Gasteiger partial charge < -0.3 is 0 Å². The standard InChI is InChI=1S/C12H18/c1-8-3-2-4-11-9-5-6-10(7-9)12(8)11/h8-10H,2-7H2,1H3. The van der Waals surface area contributed by atoms with Crippen molar-refractivity contribution in [3.05, 3.63) is 11.1 Å². The van der Waals surface area contributed by atoms with E-state index in [1.807, 2.05) is 11.1 Å². The molecule has 0 aliphatic heterocycles. The van der Waals surface area contributed by atoms with Crippen LogP contribution in [0.15, 0.2) is 11.1 Å². The maximum Gasteiger partial charge on any atom is -0.0192 e. The van der Waals surface area contributed by atoms with Crippen LogP contribution in [0.5, 0.6) is 0 Å². The van der Waals surface area contributed by atoms with Gasteiger partial charge in [-0.2, -0.15) is 0 Å². The van der Waals surface area contributed by atoms with Gasteiger partial charge in [0.15, 0.2) is 0 Å². The highest BCUT2D eigenvalue weighted by Crippen LogP contribution is 2.54. The van der Waals surface area contributed by atoms with Gasteiger partial charge in [-0.1, -0.05) is 18.1 Å². The van der Waals surface area contributed by atoms with Crippen molar-refractivity contribution in [1.29, 1.82) is 0 Å². The Hall–Kier alpha value is -0.260. The highest BCUT2D eigenvalue weighted by atomic mass is 14.5. The summed E-state index contributed by atoms with van der Waals surface area (Å²) in [5, 5.41) is 0. The van der Waals surface area contributed by atoms with Gasteiger partial charge in [-0.25, -0.2) is 0 Å². The topological polar surface area (TPSA) is 0 Å². The van der Waals surface area contributed by atoms with E-state index in [-0.39, 0.29) is 0 Å². The first kappa shape index (κ1) is 7.17. The maximum atomic E-state index is 2.45. The molecule has 12 heavy (non-hydrogen) atoms. The summed E-state index contributed by atoms with van der Waals surface area (Å²) in [5.74, 6) is 3.04. The summed E-state index contributed by atoms with van der Waals surface area (Å²) in [5.41, 5.74) is 3.85. The van der Waals surface area contributed by atoms with Crippen molar-refractivity contribution >= 4 is 0 Å². The molecule has 0 amide bonds. The van der Waals surface area contributed by atoms with Gasteiger partial charge in [0.2, 0.25) is 0 Å². The van der Waals surface area contributed by atoms with E-state index in [0.717, 1.165) is 17.8 Å². The first-order valence-corrected chi connectivity index (χ1v) is 5.59. The Labute approximate surface area is 75.0 Å². The summed E-state index contributed by atoms with van der Waals surface area (Å²) in [6, 6.07) is 0. The molecule has 0 spiro atoms. The molecule has 0 N–H and O–H groups in total. The summed E-state index contributed by atoms with van der Waals surface area (Å²) in [4.78, 5) is 0. The Balaban J connectivity index is 2.02. The van der Waals surface area contributed by atoms with Crippen molar-refractivity contribution in [3.63, 3.8) is 0 Å². The Kier molecular flexibility index (Phi) is 1.42. The van der Waals surface area contributed by atoms with Crippen molar-refractivity contribution in [2.75, 3.05) is 0 Å². The third kappa shape index (κ3) is 0.787. The van der Waals surface area contributed by atoms with Crippen LogP contribution >= 0.6 is 0 Å². The molecule has 3 aliphatic carbocycles. The first-order chi connectivity index (χ1) is 5.86. The van der Waals surface area contributed by atoms with Crippen molar-refractivity contribution in [3.8, 4) is 0 Å². The molecule has 1 saturated carbocycles. The van der Waals surface area contributed by atoms with Gasteiger partial charge in [-0.15, -0.1) is 0 Å². The SMILES string of the molecule is CC1CCCC2=C1C1CCC2C1. The molecular weight excluding hydrogens is 144 g/mol. The van der Waals surface area contributed by atoms with E-state index in [1.54, 1.807) is 0 Å². The molecule has 0 aromatic heterocycles. The van der Waals surface area contributed by atoms with E-state index in [9.17, 15) is 0 Å². The van der Waals surface area contributed by atoms with Gasteiger partial charge in [-0.05, 0) is 56.3 Å². The summed E-state index contributed by atoms with van der Waals surface area (Å²) >= 11 is 0. The molecule has 3 rings (SSSR count). The molecule has 2 bridgehead atoms. The number of hydrogen-bond donors (Lipinski definition) is 0. The number of rotatable bonds is 0. The van der Waals surface area contributed by atoms with Gasteiger partial charge in [0.1, 0.15) is 0 Å².